The summed E-state index contributed by atoms with van der Waals surface area (Å²) < 4.78 is 53.7. The van der Waals surface area contributed by atoms with Gasteiger partial charge in [-0.05, 0) is 24.3 Å². The van der Waals surface area contributed by atoms with Crippen molar-refractivity contribution in [3.63, 3.8) is 0 Å². The van der Waals surface area contributed by atoms with Gasteiger partial charge in [-0.1, -0.05) is 18.2 Å². The van der Waals surface area contributed by atoms with Crippen LogP contribution in [0.4, 0.5) is 13.2 Å². The smallest absolute Gasteiger partial charge is 0.416 e. The first-order chi connectivity index (χ1) is 13.3. The van der Waals surface area contributed by atoms with E-state index in [-0.39, 0.29) is 11.1 Å². The van der Waals surface area contributed by atoms with Crippen molar-refractivity contribution < 1.29 is 37.0 Å². The zero-order chi connectivity index (χ0) is 20.7. The highest BCUT2D eigenvalue weighted by molar-refractivity contribution is 5.96. The molecule has 0 aromatic heterocycles. The number of amides is 1. The van der Waals surface area contributed by atoms with Crippen LogP contribution in [0, 0.1) is 0 Å². The van der Waals surface area contributed by atoms with Gasteiger partial charge in [0.25, 0.3) is 5.91 Å². The first-order valence-corrected chi connectivity index (χ1v) is 8.07. The van der Waals surface area contributed by atoms with Crippen LogP contribution in [0.3, 0.4) is 0 Å². The standard InChI is InChI=1S/C19H18F3NO5/c1-26-15-8-7-12(9-16(15)27-2)18(25)23-10-17(24)28-11-13-5-3-4-6-14(13)19(20,21)22/h3-9H,10-11H2,1-2H3,(H,23,25). The van der Waals surface area contributed by atoms with Crippen molar-refractivity contribution in [3.05, 3.63) is 59.2 Å². The zero-order valence-electron chi connectivity index (χ0n) is 15.1. The van der Waals surface area contributed by atoms with Crippen LogP contribution in [0.25, 0.3) is 0 Å². The van der Waals surface area contributed by atoms with E-state index in [0.717, 1.165) is 6.07 Å². The van der Waals surface area contributed by atoms with E-state index in [1.165, 1.54) is 50.6 Å². The van der Waals surface area contributed by atoms with Gasteiger partial charge in [0.1, 0.15) is 13.2 Å². The Morgan fingerprint density at radius 2 is 1.68 bits per heavy atom. The molecular weight excluding hydrogens is 379 g/mol. The van der Waals surface area contributed by atoms with Crippen LogP contribution in [0.1, 0.15) is 21.5 Å². The molecule has 9 heteroatoms. The molecule has 0 unspecified atom stereocenters. The third-order valence-corrected chi connectivity index (χ3v) is 3.75. The fourth-order valence-electron chi connectivity index (χ4n) is 2.36. The number of carbonyl (C=O) groups excluding carboxylic acids is 2. The van der Waals surface area contributed by atoms with E-state index >= 15 is 0 Å². The zero-order valence-corrected chi connectivity index (χ0v) is 15.1. The third-order valence-electron chi connectivity index (χ3n) is 3.75. The Kier molecular flexibility index (Phi) is 6.86. The number of ether oxygens (including phenoxy) is 3. The van der Waals surface area contributed by atoms with Crippen molar-refractivity contribution in [1.29, 1.82) is 0 Å². The Hall–Kier alpha value is -3.23. The summed E-state index contributed by atoms with van der Waals surface area (Å²) in [4.78, 5) is 23.9. The summed E-state index contributed by atoms with van der Waals surface area (Å²) in [7, 11) is 2.86. The third kappa shape index (κ3) is 5.38. The van der Waals surface area contributed by atoms with Gasteiger partial charge < -0.3 is 19.5 Å². The summed E-state index contributed by atoms with van der Waals surface area (Å²) in [5.41, 5.74) is -0.834. The van der Waals surface area contributed by atoms with Gasteiger partial charge in [-0.2, -0.15) is 13.2 Å². The monoisotopic (exact) mass is 397 g/mol. The van der Waals surface area contributed by atoms with Gasteiger partial charge >= 0.3 is 12.1 Å². The van der Waals surface area contributed by atoms with Crippen LogP contribution in [0.15, 0.2) is 42.5 Å². The molecule has 0 aliphatic heterocycles. The number of nitrogens with one attached hydrogen (secondary N) is 1. The van der Waals surface area contributed by atoms with E-state index in [9.17, 15) is 22.8 Å². The maximum atomic E-state index is 12.9. The van der Waals surface area contributed by atoms with Gasteiger partial charge in [-0.25, -0.2) is 0 Å². The van der Waals surface area contributed by atoms with Gasteiger partial charge in [-0.3, -0.25) is 9.59 Å². The number of carbonyl (C=O) groups is 2. The SMILES string of the molecule is COc1ccc(C(=O)NCC(=O)OCc2ccccc2C(F)(F)F)cc1OC. The fraction of sp³-hybridized carbons (Fsp3) is 0.263. The predicted molar refractivity (Wildman–Crippen MR) is 93.1 cm³/mol. The Morgan fingerprint density at radius 1 is 1.00 bits per heavy atom. The van der Waals surface area contributed by atoms with E-state index in [0.29, 0.717) is 11.5 Å². The lowest BCUT2D eigenvalue weighted by Crippen LogP contribution is -2.30. The second-order valence-electron chi connectivity index (χ2n) is 5.57. The summed E-state index contributed by atoms with van der Waals surface area (Å²) in [5.74, 6) is -0.678. The highest BCUT2D eigenvalue weighted by Crippen LogP contribution is 2.32. The Bertz CT molecular complexity index is 852. The Morgan fingerprint density at radius 3 is 2.32 bits per heavy atom. The second kappa shape index (κ2) is 9.12. The van der Waals surface area contributed by atoms with E-state index in [2.05, 4.69) is 5.32 Å². The lowest BCUT2D eigenvalue weighted by atomic mass is 10.1. The number of hydrogen-bond donors (Lipinski definition) is 1. The maximum absolute atomic E-state index is 12.9. The van der Waals surface area contributed by atoms with Crippen molar-refractivity contribution in [2.75, 3.05) is 20.8 Å². The van der Waals surface area contributed by atoms with Gasteiger partial charge in [0, 0.05) is 11.1 Å². The number of rotatable bonds is 7. The molecule has 0 radical (unpaired) electrons. The molecule has 0 saturated carbocycles. The maximum Gasteiger partial charge on any atom is 0.416 e. The molecule has 0 atom stereocenters. The minimum atomic E-state index is -4.55. The highest BCUT2D eigenvalue weighted by Gasteiger charge is 2.33. The second-order valence-corrected chi connectivity index (χ2v) is 5.57. The molecule has 1 amide bonds. The van der Waals surface area contributed by atoms with Gasteiger partial charge in [-0.15, -0.1) is 0 Å². The average Bonchev–Trinajstić information content (AvgIpc) is 2.69. The van der Waals surface area contributed by atoms with Crippen LogP contribution < -0.4 is 14.8 Å². The van der Waals surface area contributed by atoms with E-state index < -0.39 is 36.8 Å². The van der Waals surface area contributed by atoms with Crippen LogP contribution in [0.2, 0.25) is 0 Å². The fourth-order valence-corrected chi connectivity index (χ4v) is 2.36. The van der Waals surface area contributed by atoms with Gasteiger partial charge in [0.15, 0.2) is 11.5 Å². The van der Waals surface area contributed by atoms with Gasteiger partial charge in [0.05, 0.1) is 19.8 Å². The first-order valence-electron chi connectivity index (χ1n) is 8.07. The normalized spacial score (nSPS) is 10.9. The lowest BCUT2D eigenvalue weighted by Gasteiger charge is -2.13. The molecule has 150 valence electrons. The molecule has 0 spiro atoms. The highest BCUT2D eigenvalue weighted by atomic mass is 19.4. The molecule has 0 bridgehead atoms. The van der Waals surface area contributed by atoms with Crippen molar-refractivity contribution in [2.24, 2.45) is 0 Å². The topological polar surface area (TPSA) is 73.9 Å². The molecule has 0 aliphatic rings. The largest absolute Gasteiger partial charge is 0.493 e. The molecule has 2 rings (SSSR count). The molecule has 1 N–H and O–H groups in total. The van der Waals surface area contributed by atoms with Gasteiger partial charge in [0.2, 0.25) is 0 Å². The van der Waals surface area contributed by atoms with Crippen molar-refractivity contribution in [3.8, 4) is 11.5 Å². The number of halogens is 3. The van der Waals surface area contributed by atoms with Crippen molar-refractivity contribution in [1.82, 2.24) is 5.32 Å². The quantitative estimate of drug-likeness (QED) is 0.727. The Labute approximate surface area is 159 Å². The summed E-state index contributed by atoms with van der Waals surface area (Å²) in [5, 5.41) is 2.34. The molecule has 0 aliphatic carbocycles. The number of hydrogen-bond acceptors (Lipinski definition) is 5. The van der Waals surface area contributed by atoms with E-state index in [1.54, 1.807) is 0 Å². The first kappa shape index (κ1) is 21.1. The predicted octanol–water partition coefficient (Wildman–Crippen LogP) is 3.20. The number of esters is 1. The van der Waals surface area contributed by atoms with E-state index in [1.807, 2.05) is 0 Å². The van der Waals surface area contributed by atoms with Crippen molar-refractivity contribution >= 4 is 11.9 Å². The van der Waals surface area contributed by atoms with Crippen LogP contribution >= 0.6 is 0 Å². The summed E-state index contributed by atoms with van der Waals surface area (Å²) >= 11 is 0. The molecule has 28 heavy (non-hydrogen) atoms. The number of benzene rings is 2. The molecule has 0 saturated heterocycles. The van der Waals surface area contributed by atoms with Crippen molar-refractivity contribution in [2.45, 2.75) is 12.8 Å². The molecule has 0 fully saturated rings. The average molecular weight is 397 g/mol. The molecule has 2 aromatic rings. The molecule has 6 nitrogen and oxygen atoms in total. The van der Waals surface area contributed by atoms with E-state index in [4.69, 9.17) is 14.2 Å². The van der Waals surface area contributed by atoms with Crippen LogP contribution in [0.5, 0.6) is 11.5 Å². The number of alkyl halides is 3. The minimum Gasteiger partial charge on any atom is -0.493 e. The molecule has 0 heterocycles. The molecular formula is C19H18F3NO5. The molecule has 2 aromatic carbocycles. The van der Waals surface area contributed by atoms with Crippen LogP contribution in [-0.4, -0.2) is 32.6 Å². The van der Waals surface area contributed by atoms with Crippen LogP contribution in [-0.2, 0) is 22.3 Å². The lowest BCUT2D eigenvalue weighted by molar-refractivity contribution is -0.146. The Balaban J connectivity index is 1.92. The number of methoxy groups -OCH3 is 2. The minimum absolute atomic E-state index is 0.172. The summed E-state index contributed by atoms with van der Waals surface area (Å²) in [6, 6.07) is 9.22. The summed E-state index contributed by atoms with van der Waals surface area (Å²) in [6.07, 6.45) is -4.55. The summed E-state index contributed by atoms with van der Waals surface area (Å²) in [6.45, 7) is -1.05.